The van der Waals surface area contributed by atoms with Gasteiger partial charge in [-0.25, -0.2) is 9.34 Å². The summed E-state index contributed by atoms with van der Waals surface area (Å²) in [5, 5.41) is 3.12. The number of benzene rings is 2. The first kappa shape index (κ1) is 22.7. The number of nitrogens with one attached hydrogen (secondary N) is 1. The lowest BCUT2D eigenvalue weighted by Crippen LogP contribution is -2.41. The van der Waals surface area contributed by atoms with Crippen molar-refractivity contribution in [2.45, 2.75) is 63.7 Å². The van der Waals surface area contributed by atoms with Gasteiger partial charge in [-0.15, -0.1) is 0 Å². The van der Waals surface area contributed by atoms with Gasteiger partial charge in [0, 0.05) is 24.2 Å². The van der Waals surface area contributed by atoms with Gasteiger partial charge in [0.25, 0.3) is 0 Å². The number of amides is 1. The molecular formula is C24H31BrN3O2P. The molecule has 1 saturated carbocycles. The molecule has 1 N–H and O–H groups in total. The van der Waals surface area contributed by atoms with Gasteiger partial charge < -0.3 is 0 Å². The zero-order chi connectivity index (χ0) is 22.0. The minimum atomic E-state index is -3.37. The first-order chi connectivity index (χ1) is 15.0. The number of rotatable bonds is 6. The van der Waals surface area contributed by atoms with Crippen LogP contribution in [0.4, 0.5) is 0 Å². The summed E-state index contributed by atoms with van der Waals surface area (Å²) in [5.41, 5.74) is 2.24. The molecule has 4 rings (SSSR count). The second kappa shape index (κ2) is 9.58. The Hall–Kier alpha value is -1.46. The Bertz CT molecular complexity index is 877. The van der Waals surface area contributed by atoms with Crippen molar-refractivity contribution in [1.82, 2.24) is 14.4 Å². The third-order valence-corrected chi connectivity index (χ3v) is 10.3. The third-order valence-electron chi connectivity index (χ3n) is 6.75. The summed E-state index contributed by atoms with van der Waals surface area (Å²) in [6.07, 6.45) is 4.24. The molecule has 7 heteroatoms. The summed E-state index contributed by atoms with van der Waals surface area (Å²) in [6, 6.07) is 20.6. The van der Waals surface area contributed by atoms with Crippen molar-refractivity contribution in [3.05, 3.63) is 71.8 Å². The predicted octanol–water partition coefficient (Wildman–Crippen LogP) is 6.06. The molecule has 5 nitrogen and oxygen atoms in total. The molecule has 4 atom stereocenters. The van der Waals surface area contributed by atoms with Crippen LogP contribution in [0.5, 0.6) is 0 Å². The Morgan fingerprint density at radius 2 is 1.35 bits per heavy atom. The number of nitrogens with zero attached hydrogens (tertiary/aromatic N) is 2. The van der Waals surface area contributed by atoms with Crippen LogP contribution in [0.2, 0.25) is 0 Å². The van der Waals surface area contributed by atoms with Gasteiger partial charge in [0.05, 0.1) is 5.33 Å². The third kappa shape index (κ3) is 4.28. The van der Waals surface area contributed by atoms with E-state index in [2.05, 4.69) is 68.5 Å². The molecule has 31 heavy (non-hydrogen) atoms. The highest BCUT2D eigenvalue weighted by atomic mass is 79.9. The van der Waals surface area contributed by atoms with E-state index in [-0.39, 0.29) is 35.4 Å². The highest BCUT2D eigenvalue weighted by molar-refractivity contribution is 9.09. The second-order valence-corrected chi connectivity index (χ2v) is 11.4. The van der Waals surface area contributed by atoms with Gasteiger partial charge in [0.2, 0.25) is 5.91 Å². The van der Waals surface area contributed by atoms with E-state index in [9.17, 15) is 9.36 Å². The van der Waals surface area contributed by atoms with Crippen LogP contribution in [0.25, 0.3) is 0 Å². The van der Waals surface area contributed by atoms with Gasteiger partial charge in [-0.3, -0.25) is 14.4 Å². The molecule has 2 aromatic rings. The van der Waals surface area contributed by atoms with Crippen LogP contribution in [-0.2, 0) is 9.36 Å². The Kier molecular flexibility index (Phi) is 7.02. The van der Waals surface area contributed by atoms with Crippen LogP contribution < -0.4 is 5.09 Å². The van der Waals surface area contributed by atoms with Crippen molar-refractivity contribution >= 4 is 29.4 Å². The van der Waals surface area contributed by atoms with Crippen LogP contribution in [0.1, 0.15) is 62.7 Å². The number of hydrogen-bond acceptors (Lipinski definition) is 2. The Morgan fingerprint density at radius 3 is 1.74 bits per heavy atom. The van der Waals surface area contributed by atoms with Gasteiger partial charge in [0.1, 0.15) is 0 Å². The predicted molar refractivity (Wildman–Crippen MR) is 129 cm³/mol. The Morgan fingerprint density at radius 1 is 0.935 bits per heavy atom. The van der Waals surface area contributed by atoms with E-state index >= 15 is 0 Å². The lowest BCUT2D eigenvalue weighted by atomic mass is 9.88. The normalized spacial score (nSPS) is 25.5. The summed E-state index contributed by atoms with van der Waals surface area (Å²) in [7, 11) is -3.37. The van der Waals surface area contributed by atoms with E-state index in [4.69, 9.17) is 0 Å². The number of carbonyl (C=O) groups is 1. The minimum Gasteiger partial charge on any atom is -0.282 e. The fourth-order valence-corrected chi connectivity index (χ4v) is 9.13. The highest BCUT2D eigenvalue weighted by Crippen LogP contribution is 2.66. The quantitative estimate of drug-likeness (QED) is 0.384. The topological polar surface area (TPSA) is 52.6 Å². The SMILES string of the molecule is C[C@H](c1ccccc1)N1[C@@H]2CCCC[C@H]2N([C@H](C)c2ccccc2)P1(=O)NC(=O)CBr. The summed E-state index contributed by atoms with van der Waals surface area (Å²) in [6.45, 7) is 4.23. The minimum absolute atomic E-state index is 0.0683. The zero-order valence-corrected chi connectivity index (χ0v) is 20.6. The molecule has 1 aliphatic heterocycles. The van der Waals surface area contributed by atoms with Crippen molar-refractivity contribution in [3.8, 4) is 0 Å². The van der Waals surface area contributed by atoms with Gasteiger partial charge in [-0.2, -0.15) is 0 Å². The molecule has 2 fully saturated rings. The van der Waals surface area contributed by atoms with Gasteiger partial charge in [-0.05, 0) is 37.8 Å². The average Bonchev–Trinajstić information content (AvgIpc) is 3.06. The second-order valence-electron chi connectivity index (χ2n) is 8.57. The van der Waals surface area contributed by atoms with E-state index in [0.29, 0.717) is 0 Å². The standard InChI is InChI=1S/C24H31BrN3O2P/c1-18(20-11-5-3-6-12-20)27-22-15-9-10-16-23(22)28(31(27,30)26-24(29)17-25)19(2)21-13-7-4-8-14-21/h3-8,11-14,18-19,22-23H,9-10,15-17H2,1-2H3,(H,26,29,30)/t18-,19-,22-,23-/m1/s1. The molecule has 0 bridgehead atoms. The Balaban J connectivity index is 1.82. The fourth-order valence-electron chi connectivity index (χ4n) is 5.35. The van der Waals surface area contributed by atoms with Crippen LogP contribution in [0, 0.1) is 0 Å². The molecular weight excluding hydrogens is 473 g/mol. The summed E-state index contributed by atoms with van der Waals surface area (Å²) < 4.78 is 19.2. The average molecular weight is 504 g/mol. The van der Waals surface area contributed by atoms with E-state index in [0.717, 1.165) is 36.8 Å². The largest absolute Gasteiger partial charge is 0.312 e. The highest BCUT2D eigenvalue weighted by Gasteiger charge is 2.59. The molecule has 166 valence electrons. The molecule has 1 aliphatic carbocycles. The van der Waals surface area contributed by atoms with E-state index < -0.39 is 7.59 Å². The molecule has 1 heterocycles. The van der Waals surface area contributed by atoms with Crippen LogP contribution in [0.15, 0.2) is 60.7 Å². The monoisotopic (exact) mass is 503 g/mol. The van der Waals surface area contributed by atoms with Crippen LogP contribution >= 0.6 is 23.5 Å². The number of alkyl halides is 1. The number of fused-ring (bicyclic) bond motifs is 1. The lowest BCUT2D eigenvalue weighted by Gasteiger charge is -2.38. The van der Waals surface area contributed by atoms with Crippen LogP contribution in [-0.4, -0.2) is 32.7 Å². The summed E-state index contributed by atoms with van der Waals surface area (Å²) in [4.78, 5) is 12.6. The first-order valence-electron chi connectivity index (χ1n) is 11.1. The summed E-state index contributed by atoms with van der Waals surface area (Å²) in [5.74, 6) is -0.238. The molecule has 0 radical (unpaired) electrons. The summed E-state index contributed by atoms with van der Waals surface area (Å²) >= 11 is 3.26. The molecule has 2 aromatic carbocycles. The molecule has 1 saturated heterocycles. The van der Waals surface area contributed by atoms with Crippen molar-refractivity contribution in [3.63, 3.8) is 0 Å². The number of carbonyl (C=O) groups excluding carboxylic acids is 1. The van der Waals surface area contributed by atoms with Crippen molar-refractivity contribution in [2.75, 3.05) is 5.33 Å². The molecule has 2 aliphatic rings. The van der Waals surface area contributed by atoms with Gasteiger partial charge in [0.15, 0.2) is 0 Å². The zero-order valence-electron chi connectivity index (χ0n) is 18.2. The van der Waals surface area contributed by atoms with Crippen LogP contribution in [0.3, 0.4) is 0 Å². The fraction of sp³-hybridized carbons (Fsp3) is 0.458. The maximum Gasteiger partial charge on any atom is 0.312 e. The van der Waals surface area contributed by atoms with Crippen molar-refractivity contribution < 1.29 is 9.36 Å². The number of halogens is 1. The van der Waals surface area contributed by atoms with Crippen molar-refractivity contribution in [1.29, 1.82) is 0 Å². The van der Waals surface area contributed by atoms with Gasteiger partial charge in [-0.1, -0.05) is 89.4 Å². The molecule has 1 amide bonds. The maximum atomic E-state index is 14.9. The smallest absolute Gasteiger partial charge is 0.282 e. The maximum absolute atomic E-state index is 14.9. The van der Waals surface area contributed by atoms with Gasteiger partial charge >= 0.3 is 7.59 Å². The number of hydrogen-bond donors (Lipinski definition) is 1. The lowest BCUT2D eigenvalue weighted by molar-refractivity contribution is -0.117. The molecule has 0 spiro atoms. The molecule has 0 aromatic heterocycles. The first-order valence-corrected chi connectivity index (χ1v) is 13.9. The van der Waals surface area contributed by atoms with Crippen molar-refractivity contribution in [2.24, 2.45) is 0 Å². The Labute approximate surface area is 193 Å². The van der Waals surface area contributed by atoms with E-state index in [1.807, 2.05) is 36.4 Å². The van der Waals surface area contributed by atoms with E-state index in [1.165, 1.54) is 0 Å². The molecule has 0 unspecified atom stereocenters. The van der Waals surface area contributed by atoms with E-state index in [1.54, 1.807) is 0 Å².